The monoisotopic (exact) mass is 491 g/mol. The first kappa shape index (κ1) is 27.1. The molecule has 0 aromatic heterocycles. The summed E-state index contributed by atoms with van der Waals surface area (Å²) in [6, 6.07) is 13.4. The second kappa shape index (κ2) is 12.0. The summed E-state index contributed by atoms with van der Waals surface area (Å²) in [5.74, 6) is 4.29. The number of benzene rings is 2. The Morgan fingerprint density at radius 2 is 1.64 bits per heavy atom. The summed E-state index contributed by atoms with van der Waals surface area (Å²) in [6.45, 7) is 6.81. The van der Waals surface area contributed by atoms with Crippen molar-refractivity contribution in [1.29, 1.82) is 0 Å². The van der Waals surface area contributed by atoms with E-state index in [-0.39, 0.29) is 5.60 Å². The summed E-state index contributed by atoms with van der Waals surface area (Å²) in [5.41, 5.74) is 3.11. The summed E-state index contributed by atoms with van der Waals surface area (Å²) < 4.78 is 5.78. The van der Waals surface area contributed by atoms with Gasteiger partial charge in [-0.2, -0.15) is 0 Å². The number of amides is 2. The van der Waals surface area contributed by atoms with Gasteiger partial charge in [0.2, 0.25) is 5.91 Å². The van der Waals surface area contributed by atoms with E-state index in [4.69, 9.17) is 9.84 Å². The van der Waals surface area contributed by atoms with Crippen LogP contribution in [0.3, 0.4) is 0 Å². The van der Waals surface area contributed by atoms with Gasteiger partial charge >= 0.3 is 0 Å². The lowest BCUT2D eigenvalue weighted by atomic mass is 9.95. The normalized spacial score (nSPS) is 15.1. The van der Waals surface area contributed by atoms with Crippen LogP contribution in [0, 0.1) is 11.8 Å². The Hall–Kier alpha value is -3.51. The van der Waals surface area contributed by atoms with Crippen LogP contribution in [0.1, 0.15) is 40.9 Å². The number of likely N-dealkylation sites (tertiary alicyclic amines) is 1. The van der Waals surface area contributed by atoms with Crippen LogP contribution in [0.2, 0.25) is 0 Å². The number of nitrogens with zero attached hydrogens (tertiary/aromatic N) is 2. The molecule has 3 rings (SSSR count). The summed E-state index contributed by atoms with van der Waals surface area (Å²) >= 11 is 0. The molecule has 1 atom stereocenters. The van der Waals surface area contributed by atoms with Crippen molar-refractivity contribution in [3.8, 4) is 11.8 Å². The number of carbonyl (C=O) groups excluding carboxylic acids is 3. The first-order valence-corrected chi connectivity index (χ1v) is 11.9. The van der Waals surface area contributed by atoms with Gasteiger partial charge in [-0.3, -0.25) is 19.3 Å². The number of nitrogens with one attached hydrogen (secondary N) is 1. The van der Waals surface area contributed by atoms with Crippen LogP contribution in [-0.4, -0.2) is 84.5 Å². The van der Waals surface area contributed by atoms with E-state index < -0.39 is 30.2 Å². The van der Waals surface area contributed by atoms with Gasteiger partial charge in [-0.05, 0) is 55.8 Å². The molecule has 1 saturated heterocycles. The van der Waals surface area contributed by atoms with Crippen molar-refractivity contribution in [2.45, 2.75) is 32.0 Å². The Morgan fingerprint density at radius 1 is 1.08 bits per heavy atom. The smallest absolute Gasteiger partial charge is 0.254 e. The minimum absolute atomic E-state index is 0.0293. The Balaban J connectivity index is 1.60. The fourth-order valence-electron chi connectivity index (χ4n) is 4.33. The van der Waals surface area contributed by atoms with E-state index in [1.807, 2.05) is 19.1 Å². The second-order valence-electron chi connectivity index (χ2n) is 9.11. The predicted molar refractivity (Wildman–Crippen MR) is 136 cm³/mol. The summed E-state index contributed by atoms with van der Waals surface area (Å²) in [5, 5.41) is 11.5. The molecular formula is C28H33N3O5. The number of hydrogen-bond acceptors (Lipinski definition) is 6. The van der Waals surface area contributed by atoms with Crippen LogP contribution in [0.4, 0.5) is 0 Å². The molecule has 1 unspecified atom stereocenters. The number of Topliss-reactive ketones (excluding diaryl/α,β-unsaturated/α-hetero) is 1. The average molecular weight is 492 g/mol. The van der Waals surface area contributed by atoms with E-state index >= 15 is 0 Å². The minimum Gasteiger partial charge on any atom is -0.388 e. The zero-order valence-corrected chi connectivity index (χ0v) is 21.2. The molecular weight excluding hydrogens is 458 g/mol. The zero-order valence-electron chi connectivity index (χ0n) is 21.2. The van der Waals surface area contributed by atoms with Crippen molar-refractivity contribution in [2.24, 2.45) is 0 Å². The van der Waals surface area contributed by atoms with Crippen LogP contribution < -0.4 is 5.32 Å². The highest BCUT2D eigenvalue weighted by molar-refractivity contribution is 6.10. The number of rotatable bonds is 9. The largest absolute Gasteiger partial charge is 0.388 e. The number of aliphatic hydroxyl groups excluding tert-OH is 1. The second-order valence-corrected chi connectivity index (χ2v) is 9.11. The van der Waals surface area contributed by atoms with Gasteiger partial charge in [-0.25, -0.2) is 0 Å². The Morgan fingerprint density at radius 3 is 2.14 bits per heavy atom. The highest BCUT2D eigenvalue weighted by Crippen LogP contribution is 2.26. The number of ether oxygens (including phenoxy) is 1. The van der Waals surface area contributed by atoms with Crippen molar-refractivity contribution in [2.75, 3.05) is 40.4 Å². The molecule has 0 aliphatic carbocycles. The van der Waals surface area contributed by atoms with Gasteiger partial charge in [0.05, 0.1) is 5.60 Å². The zero-order chi connectivity index (χ0) is 26.3. The van der Waals surface area contributed by atoms with Gasteiger partial charge in [-0.1, -0.05) is 24.0 Å². The van der Waals surface area contributed by atoms with Gasteiger partial charge in [0.25, 0.3) is 5.91 Å². The lowest BCUT2D eigenvalue weighted by Crippen LogP contribution is -2.60. The summed E-state index contributed by atoms with van der Waals surface area (Å²) in [6.07, 6.45) is 0. The maximum atomic E-state index is 12.8. The minimum atomic E-state index is -1.40. The van der Waals surface area contributed by atoms with E-state index in [1.165, 1.54) is 19.7 Å². The van der Waals surface area contributed by atoms with Crippen molar-refractivity contribution in [3.05, 3.63) is 70.8 Å². The van der Waals surface area contributed by atoms with Crippen molar-refractivity contribution >= 4 is 17.6 Å². The van der Waals surface area contributed by atoms with Crippen LogP contribution >= 0.6 is 0 Å². The number of aliphatic hydroxyl groups is 1. The summed E-state index contributed by atoms with van der Waals surface area (Å²) in [4.78, 5) is 40.2. The maximum absolute atomic E-state index is 12.8. The predicted octanol–water partition coefficient (Wildman–Crippen LogP) is 1.45. The third-order valence-electron chi connectivity index (χ3n) is 6.12. The van der Waals surface area contributed by atoms with Gasteiger partial charge in [0.1, 0.15) is 6.61 Å². The van der Waals surface area contributed by atoms with E-state index in [1.54, 1.807) is 24.3 Å². The molecule has 1 aliphatic heterocycles. The quantitative estimate of drug-likeness (QED) is 0.407. The lowest BCUT2D eigenvalue weighted by molar-refractivity contribution is -0.135. The Labute approximate surface area is 212 Å². The number of ketones is 1. The van der Waals surface area contributed by atoms with Crippen molar-refractivity contribution < 1.29 is 24.2 Å². The van der Waals surface area contributed by atoms with E-state index in [0.717, 1.165) is 42.3 Å². The highest BCUT2D eigenvalue weighted by Gasteiger charge is 2.39. The number of hydrogen-bond donors (Lipinski definition) is 2. The average Bonchev–Trinajstić information content (AvgIpc) is 2.87. The topological polar surface area (TPSA) is 99.2 Å². The van der Waals surface area contributed by atoms with Crippen LogP contribution in [0.25, 0.3) is 0 Å². The summed E-state index contributed by atoms with van der Waals surface area (Å²) in [7, 11) is 2.72. The van der Waals surface area contributed by atoms with Gasteiger partial charge < -0.3 is 20.1 Å². The third-order valence-corrected chi connectivity index (χ3v) is 6.12. The van der Waals surface area contributed by atoms with Gasteiger partial charge in [0.15, 0.2) is 11.8 Å². The van der Waals surface area contributed by atoms with Gasteiger partial charge in [0, 0.05) is 57.0 Å². The van der Waals surface area contributed by atoms with Gasteiger partial charge in [-0.15, -0.1) is 0 Å². The molecule has 1 fully saturated rings. The first-order chi connectivity index (χ1) is 17.2. The molecule has 1 aliphatic rings. The Kier molecular flexibility index (Phi) is 8.99. The van der Waals surface area contributed by atoms with Crippen LogP contribution in [0.15, 0.2) is 48.5 Å². The molecule has 190 valence electrons. The fraction of sp³-hybridized carbons (Fsp3) is 0.393. The number of likely N-dealkylation sites (N-methyl/N-ethyl adjacent to an activating group) is 2. The molecule has 2 aromatic rings. The van der Waals surface area contributed by atoms with Crippen molar-refractivity contribution in [3.63, 3.8) is 0 Å². The van der Waals surface area contributed by atoms with Crippen molar-refractivity contribution in [1.82, 2.24) is 15.1 Å². The highest BCUT2D eigenvalue weighted by atomic mass is 16.5. The SMILES string of the molecule is CCOC1(C)CN(Cc2ccc(C#Cc3ccc(C(=O)N(C)C(C(=O)CO)C(=O)NC)cc3)cc2)C1. The first-order valence-electron chi connectivity index (χ1n) is 11.9. The molecule has 0 spiro atoms. The fourth-order valence-corrected chi connectivity index (χ4v) is 4.33. The molecule has 0 saturated carbocycles. The van der Waals surface area contributed by atoms with E-state index in [2.05, 4.69) is 41.1 Å². The lowest BCUT2D eigenvalue weighted by Gasteiger charge is -2.47. The molecule has 8 nitrogen and oxygen atoms in total. The molecule has 8 heteroatoms. The van der Waals surface area contributed by atoms with Crippen LogP contribution in [-0.2, 0) is 20.9 Å². The standard InChI is InChI=1S/C28H33N3O5/c1-5-36-28(2)18-31(19-28)16-22-10-8-20(9-11-22)6-7-21-12-14-23(15-13-21)27(35)30(4)25(24(33)17-32)26(34)29-3/h8-15,25,32H,5,16-19H2,1-4H3,(H,29,34). The maximum Gasteiger partial charge on any atom is 0.254 e. The molecule has 2 aromatic carbocycles. The molecule has 36 heavy (non-hydrogen) atoms. The molecule has 2 N–H and O–H groups in total. The van der Waals surface area contributed by atoms with E-state index in [9.17, 15) is 14.4 Å². The van der Waals surface area contributed by atoms with E-state index in [0.29, 0.717) is 5.56 Å². The van der Waals surface area contributed by atoms with Crippen LogP contribution in [0.5, 0.6) is 0 Å². The molecule has 2 amide bonds. The number of carbonyl (C=O) groups is 3. The Bertz CT molecular complexity index is 1130. The third kappa shape index (κ3) is 6.58. The molecule has 0 bridgehead atoms. The molecule has 1 heterocycles. The molecule has 0 radical (unpaired) electrons.